The molecule has 0 saturated carbocycles. The van der Waals surface area contributed by atoms with Crippen LogP contribution < -0.4 is 14.8 Å². The van der Waals surface area contributed by atoms with E-state index < -0.39 is 17.8 Å². The van der Waals surface area contributed by atoms with Gasteiger partial charge in [0, 0.05) is 36.1 Å². The van der Waals surface area contributed by atoms with Crippen LogP contribution in [0.2, 0.25) is 0 Å². The lowest BCUT2D eigenvalue weighted by molar-refractivity contribution is -0.0141. The summed E-state index contributed by atoms with van der Waals surface area (Å²) in [6.45, 7) is 8.44. The van der Waals surface area contributed by atoms with Gasteiger partial charge >= 0.3 is 6.09 Å². The van der Waals surface area contributed by atoms with Crippen molar-refractivity contribution in [1.29, 1.82) is 0 Å². The number of benzene rings is 4. The minimum Gasteiger partial charge on any atom is -0.490 e. The summed E-state index contributed by atoms with van der Waals surface area (Å²) < 4.78 is 17.3. The Bertz CT molecular complexity index is 2350. The molecule has 4 atom stereocenters. The minimum absolute atomic E-state index is 0. The van der Waals surface area contributed by atoms with Crippen LogP contribution in [0.5, 0.6) is 11.5 Å². The molecule has 3 N–H and O–H groups in total. The molecule has 0 unspecified atom stereocenters. The Morgan fingerprint density at radius 1 is 0.641 bits per heavy atom. The van der Waals surface area contributed by atoms with Gasteiger partial charge in [-0.05, 0) is 111 Å². The van der Waals surface area contributed by atoms with E-state index in [1.807, 2.05) is 118 Å². The van der Waals surface area contributed by atoms with Gasteiger partial charge in [-0.3, -0.25) is 9.97 Å². The van der Waals surface area contributed by atoms with E-state index in [1.165, 1.54) is 6.42 Å². The molecule has 10 heteroatoms. The monoisotopic (exact) mass is 864 g/mol. The van der Waals surface area contributed by atoms with Crippen molar-refractivity contribution in [3.63, 3.8) is 0 Å². The van der Waals surface area contributed by atoms with Crippen molar-refractivity contribution >= 4 is 6.09 Å². The molecule has 0 spiro atoms. The van der Waals surface area contributed by atoms with Gasteiger partial charge in [-0.1, -0.05) is 117 Å². The van der Waals surface area contributed by atoms with Gasteiger partial charge in [-0.15, -0.1) is 0 Å². The number of aliphatic hydroxyl groups excluding tert-OH is 2. The summed E-state index contributed by atoms with van der Waals surface area (Å²) in [7, 11) is 0. The Labute approximate surface area is 379 Å². The number of likely N-dealkylation sites (tertiary alicyclic amines) is 1. The van der Waals surface area contributed by atoms with E-state index in [-0.39, 0.29) is 19.6 Å². The van der Waals surface area contributed by atoms with Crippen molar-refractivity contribution in [1.82, 2.24) is 20.2 Å². The van der Waals surface area contributed by atoms with Crippen LogP contribution in [0.3, 0.4) is 0 Å². The highest BCUT2D eigenvalue weighted by atomic mass is 16.6. The van der Waals surface area contributed by atoms with Crippen LogP contribution in [0.15, 0.2) is 146 Å². The molecule has 8 rings (SSSR count). The molecule has 336 valence electrons. The number of aromatic nitrogens is 2. The Morgan fingerprint density at radius 2 is 1.11 bits per heavy atom. The Balaban J connectivity index is 0.000000214. The first-order valence-electron chi connectivity index (χ1n) is 22.0. The SMILES string of the molecule is C.CC(C)(C)OC(=O)N1CC[C@H]1COc1cncc(-c2cccc(C[C@@H](O)Cc3ccccc3)c2)c1.O[C@@H](Cc1ccccc1)Cc1cccc(-c2cncc(OC[C@@H]3CCN3)c2)c1. The smallest absolute Gasteiger partial charge is 0.410 e. The number of carbonyl (C=O) groups is 1. The van der Waals surface area contributed by atoms with Crippen LogP contribution in [0.4, 0.5) is 4.79 Å². The van der Waals surface area contributed by atoms with E-state index in [4.69, 9.17) is 14.2 Å². The molecule has 0 radical (unpaired) electrons. The number of nitrogens with one attached hydrogen (secondary N) is 1. The van der Waals surface area contributed by atoms with Crippen molar-refractivity contribution < 1.29 is 29.2 Å². The molecule has 6 aromatic rings. The number of pyridine rings is 2. The summed E-state index contributed by atoms with van der Waals surface area (Å²) in [4.78, 5) is 22.7. The fraction of sp³-hybridized carbons (Fsp3) is 0.352. The van der Waals surface area contributed by atoms with E-state index >= 15 is 0 Å². The number of aliphatic hydroxyl groups is 2. The normalized spacial score (nSPS) is 16.4. The first-order chi connectivity index (χ1) is 30.5. The topological polar surface area (TPSA) is 126 Å². The standard InChI is InChI=1S/C29H34N2O4.C24H26N2O2.CH4/c1-29(2,3)35-28(33)31-13-12-25(31)20-34-27-17-24(18-30-19-27)23-11-7-10-22(14-23)16-26(32)15-21-8-5-4-6-9-21;27-23(12-18-5-2-1-3-6-18)13-19-7-4-8-20(11-19)21-14-24(16-25-15-21)28-17-22-9-10-26-22;/h4-11,14,17-19,25-26,32H,12-13,15-16,20H2,1-3H3;1-8,11,14-16,22-23,26-27H,9-10,12-13,17H2;1H4/t25-,26-;22-,23-;/m00./s1. The number of hydrogen-bond donors (Lipinski definition) is 3. The second-order valence-electron chi connectivity index (χ2n) is 17.5. The van der Waals surface area contributed by atoms with Crippen molar-refractivity contribution in [2.24, 2.45) is 0 Å². The van der Waals surface area contributed by atoms with Gasteiger partial charge in [-0.2, -0.15) is 0 Å². The fourth-order valence-electron chi connectivity index (χ4n) is 7.58. The third kappa shape index (κ3) is 14.5. The highest BCUT2D eigenvalue weighted by Gasteiger charge is 2.35. The maximum absolute atomic E-state index is 12.3. The zero-order valence-corrected chi connectivity index (χ0v) is 36.6. The first kappa shape index (κ1) is 47.4. The minimum atomic E-state index is -0.511. The first-order valence-corrected chi connectivity index (χ1v) is 22.0. The zero-order valence-electron chi connectivity index (χ0n) is 36.6. The summed E-state index contributed by atoms with van der Waals surface area (Å²) in [5.41, 5.74) is 8.03. The van der Waals surface area contributed by atoms with E-state index in [2.05, 4.69) is 51.7 Å². The van der Waals surface area contributed by atoms with Crippen molar-refractivity contribution in [2.45, 2.75) is 96.6 Å². The molecule has 64 heavy (non-hydrogen) atoms. The van der Waals surface area contributed by atoms with Crippen LogP contribution in [0, 0.1) is 0 Å². The summed E-state index contributed by atoms with van der Waals surface area (Å²) in [5, 5.41) is 24.4. The fourth-order valence-corrected chi connectivity index (χ4v) is 7.58. The quantitative estimate of drug-likeness (QED) is 0.0873. The average Bonchev–Trinajstić information content (AvgIpc) is 3.23. The summed E-state index contributed by atoms with van der Waals surface area (Å²) in [6.07, 6.45) is 10.5. The highest BCUT2D eigenvalue weighted by Crippen LogP contribution is 2.28. The van der Waals surface area contributed by atoms with Crippen LogP contribution in [-0.4, -0.2) is 87.4 Å². The van der Waals surface area contributed by atoms with Gasteiger partial charge in [0.2, 0.25) is 0 Å². The van der Waals surface area contributed by atoms with E-state index in [9.17, 15) is 15.0 Å². The van der Waals surface area contributed by atoms with Gasteiger partial charge in [0.15, 0.2) is 0 Å². The molecule has 2 aromatic heterocycles. The maximum atomic E-state index is 12.3. The number of nitrogens with zero attached hydrogens (tertiary/aromatic N) is 3. The Kier molecular flexibility index (Phi) is 17.1. The molecule has 2 aliphatic heterocycles. The molecule has 4 heterocycles. The lowest BCUT2D eigenvalue weighted by Crippen LogP contribution is -2.55. The van der Waals surface area contributed by atoms with Gasteiger partial charge in [-0.25, -0.2) is 4.79 Å². The van der Waals surface area contributed by atoms with Crippen molar-refractivity contribution in [3.8, 4) is 33.8 Å². The molecule has 0 bridgehead atoms. The van der Waals surface area contributed by atoms with Crippen molar-refractivity contribution in [3.05, 3.63) is 168 Å². The van der Waals surface area contributed by atoms with E-state index in [0.717, 1.165) is 63.2 Å². The number of rotatable bonds is 16. The molecular formula is C54H64N4O6. The van der Waals surface area contributed by atoms with Gasteiger partial charge in [0.1, 0.15) is 30.3 Å². The predicted octanol–water partition coefficient (Wildman–Crippen LogP) is 9.55. The van der Waals surface area contributed by atoms with E-state index in [0.29, 0.717) is 57.2 Å². The third-order valence-electron chi connectivity index (χ3n) is 11.1. The van der Waals surface area contributed by atoms with Crippen LogP contribution >= 0.6 is 0 Å². The molecule has 2 aliphatic rings. The van der Waals surface area contributed by atoms with Gasteiger partial charge in [0.25, 0.3) is 0 Å². The summed E-state index contributed by atoms with van der Waals surface area (Å²) >= 11 is 0. The third-order valence-corrected chi connectivity index (χ3v) is 11.1. The molecule has 0 aliphatic carbocycles. The number of hydrogen-bond acceptors (Lipinski definition) is 9. The largest absolute Gasteiger partial charge is 0.490 e. The van der Waals surface area contributed by atoms with Crippen LogP contribution in [-0.2, 0) is 30.4 Å². The molecular weight excluding hydrogens is 801 g/mol. The van der Waals surface area contributed by atoms with Crippen LogP contribution in [0.25, 0.3) is 22.3 Å². The summed E-state index contributed by atoms with van der Waals surface area (Å²) in [5.74, 6) is 1.45. The van der Waals surface area contributed by atoms with Gasteiger partial charge in [0.05, 0.1) is 30.6 Å². The average molecular weight is 865 g/mol. The molecule has 1 amide bonds. The number of ether oxygens (including phenoxy) is 3. The lowest BCUT2D eigenvalue weighted by Gasteiger charge is -2.40. The highest BCUT2D eigenvalue weighted by molar-refractivity contribution is 5.69. The maximum Gasteiger partial charge on any atom is 0.410 e. The van der Waals surface area contributed by atoms with E-state index in [1.54, 1.807) is 17.3 Å². The van der Waals surface area contributed by atoms with Crippen molar-refractivity contribution in [2.75, 3.05) is 26.3 Å². The lowest BCUT2D eigenvalue weighted by atomic mass is 9.98. The predicted molar refractivity (Wildman–Crippen MR) is 255 cm³/mol. The molecule has 2 saturated heterocycles. The second-order valence-corrected chi connectivity index (χ2v) is 17.5. The molecule has 4 aromatic carbocycles. The summed E-state index contributed by atoms with van der Waals surface area (Å²) in [6, 6.07) is 41.0. The second kappa shape index (κ2) is 23.0. The molecule has 2 fully saturated rings. The van der Waals surface area contributed by atoms with Gasteiger partial charge < -0.3 is 34.6 Å². The Hall–Kier alpha value is -6.07. The number of carbonyl (C=O) groups excluding carboxylic acids is 1. The zero-order chi connectivity index (χ0) is 44.0. The number of amides is 1. The Morgan fingerprint density at radius 3 is 1.55 bits per heavy atom. The van der Waals surface area contributed by atoms with Crippen LogP contribution in [0.1, 0.15) is 63.3 Å². The molecule has 10 nitrogen and oxygen atoms in total.